The summed E-state index contributed by atoms with van der Waals surface area (Å²) >= 11 is 1.91. The standard InChI is InChI=1S/C12H19NS/c1-4-14-9-13-12-7-5-6-11(8-12)10(2)3/h5-8,10,13H,4,9H2,1-3H3. The van der Waals surface area contributed by atoms with Crippen molar-refractivity contribution in [3.05, 3.63) is 29.8 Å². The number of hydrogen-bond acceptors (Lipinski definition) is 2. The Bertz CT molecular complexity index is 271. The van der Waals surface area contributed by atoms with Gasteiger partial charge in [-0.15, -0.1) is 11.8 Å². The Balaban J connectivity index is 2.55. The minimum atomic E-state index is 0.607. The van der Waals surface area contributed by atoms with Gasteiger partial charge in [0.05, 0.1) is 5.88 Å². The highest BCUT2D eigenvalue weighted by Crippen LogP contribution is 2.18. The van der Waals surface area contributed by atoms with E-state index in [4.69, 9.17) is 0 Å². The molecule has 1 aromatic carbocycles. The van der Waals surface area contributed by atoms with Crippen LogP contribution in [0.15, 0.2) is 24.3 Å². The van der Waals surface area contributed by atoms with Gasteiger partial charge in [0.15, 0.2) is 0 Å². The summed E-state index contributed by atoms with van der Waals surface area (Å²) in [6, 6.07) is 8.67. The van der Waals surface area contributed by atoms with Crippen molar-refractivity contribution < 1.29 is 0 Å². The minimum Gasteiger partial charge on any atom is -0.376 e. The molecule has 1 nitrogen and oxygen atoms in total. The smallest absolute Gasteiger partial charge is 0.0610 e. The lowest BCUT2D eigenvalue weighted by atomic mass is 10.0. The van der Waals surface area contributed by atoms with Gasteiger partial charge in [-0.3, -0.25) is 0 Å². The zero-order valence-corrected chi connectivity index (χ0v) is 10.0. The molecule has 0 unspecified atom stereocenters. The molecule has 0 spiro atoms. The first-order valence-corrected chi connectivity index (χ1v) is 6.31. The SMILES string of the molecule is CCSCNc1cccc(C(C)C)c1. The molecule has 0 saturated carbocycles. The maximum absolute atomic E-state index is 3.40. The van der Waals surface area contributed by atoms with Crippen LogP contribution >= 0.6 is 11.8 Å². The zero-order chi connectivity index (χ0) is 10.4. The average Bonchev–Trinajstić information content (AvgIpc) is 2.19. The number of nitrogens with one attached hydrogen (secondary N) is 1. The third kappa shape index (κ3) is 3.62. The molecule has 1 N–H and O–H groups in total. The highest BCUT2D eigenvalue weighted by Gasteiger charge is 1.99. The predicted molar refractivity (Wildman–Crippen MR) is 67.2 cm³/mol. The van der Waals surface area contributed by atoms with Crippen LogP contribution in [0.2, 0.25) is 0 Å². The Morgan fingerprint density at radius 2 is 2.14 bits per heavy atom. The summed E-state index contributed by atoms with van der Waals surface area (Å²) in [5.41, 5.74) is 2.63. The number of thioether (sulfide) groups is 1. The molecular formula is C12H19NS. The van der Waals surface area contributed by atoms with Gasteiger partial charge in [-0.25, -0.2) is 0 Å². The Morgan fingerprint density at radius 1 is 1.36 bits per heavy atom. The van der Waals surface area contributed by atoms with E-state index in [2.05, 4.69) is 50.4 Å². The molecule has 0 heterocycles. The van der Waals surface area contributed by atoms with Gasteiger partial charge >= 0.3 is 0 Å². The molecule has 0 fully saturated rings. The van der Waals surface area contributed by atoms with E-state index in [0.717, 1.165) is 11.6 Å². The molecule has 14 heavy (non-hydrogen) atoms. The Labute approximate surface area is 91.3 Å². The van der Waals surface area contributed by atoms with Crippen molar-refractivity contribution >= 4 is 17.4 Å². The fourth-order valence-corrected chi connectivity index (χ4v) is 1.72. The van der Waals surface area contributed by atoms with E-state index >= 15 is 0 Å². The van der Waals surface area contributed by atoms with Gasteiger partial charge in [-0.05, 0) is 29.4 Å². The maximum Gasteiger partial charge on any atom is 0.0610 e. The highest BCUT2D eigenvalue weighted by molar-refractivity contribution is 7.99. The van der Waals surface area contributed by atoms with Crippen LogP contribution in [0.3, 0.4) is 0 Å². The summed E-state index contributed by atoms with van der Waals surface area (Å²) in [6.45, 7) is 6.62. The van der Waals surface area contributed by atoms with Crippen LogP contribution in [0.5, 0.6) is 0 Å². The van der Waals surface area contributed by atoms with Crippen LogP contribution in [-0.2, 0) is 0 Å². The van der Waals surface area contributed by atoms with Gasteiger partial charge in [-0.2, -0.15) is 0 Å². The Morgan fingerprint density at radius 3 is 2.79 bits per heavy atom. The van der Waals surface area contributed by atoms with Crippen LogP contribution in [0.1, 0.15) is 32.3 Å². The van der Waals surface area contributed by atoms with Crippen molar-refractivity contribution in [1.29, 1.82) is 0 Å². The van der Waals surface area contributed by atoms with E-state index in [1.54, 1.807) is 0 Å². The van der Waals surface area contributed by atoms with Crippen LogP contribution < -0.4 is 5.32 Å². The van der Waals surface area contributed by atoms with Gasteiger partial charge in [0.1, 0.15) is 0 Å². The van der Waals surface area contributed by atoms with Crippen molar-refractivity contribution in [2.75, 3.05) is 16.9 Å². The molecule has 0 bridgehead atoms. The molecule has 0 amide bonds. The molecular weight excluding hydrogens is 190 g/mol. The summed E-state index contributed by atoms with van der Waals surface area (Å²) in [7, 11) is 0. The van der Waals surface area contributed by atoms with Crippen LogP contribution in [0, 0.1) is 0 Å². The fraction of sp³-hybridized carbons (Fsp3) is 0.500. The van der Waals surface area contributed by atoms with E-state index in [1.165, 1.54) is 11.3 Å². The van der Waals surface area contributed by atoms with Crippen molar-refractivity contribution in [1.82, 2.24) is 0 Å². The maximum atomic E-state index is 3.40. The molecule has 1 aromatic rings. The third-order valence-electron chi connectivity index (χ3n) is 2.14. The quantitative estimate of drug-likeness (QED) is 0.582. The van der Waals surface area contributed by atoms with Crippen molar-refractivity contribution in [2.24, 2.45) is 0 Å². The van der Waals surface area contributed by atoms with E-state index in [9.17, 15) is 0 Å². The van der Waals surface area contributed by atoms with Gasteiger partial charge in [0, 0.05) is 5.69 Å². The van der Waals surface area contributed by atoms with Crippen molar-refractivity contribution in [2.45, 2.75) is 26.7 Å². The highest BCUT2D eigenvalue weighted by atomic mass is 32.2. The van der Waals surface area contributed by atoms with Crippen LogP contribution in [0.4, 0.5) is 5.69 Å². The molecule has 0 aliphatic carbocycles. The van der Waals surface area contributed by atoms with E-state index < -0.39 is 0 Å². The molecule has 0 radical (unpaired) electrons. The number of rotatable bonds is 5. The number of benzene rings is 1. The topological polar surface area (TPSA) is 12.0 Å². The van der Waals surface area contributed by atoms with E-state index in [-0.39, 0.29) is 0 Å². The molecule has 0 aliphatic rings. The molecule has 2 heteroatoms. The van der Waals surface area contributed by atoms with E-state index in [1.807, 2.05) is 11.8 Å². The minimum absolute atomic E-state index is 0.607. The lowest BCUT2D eigenvalue weighted by molar-refractivity contribution is 0.867. The number of hydrogen-bond donors (Lipinski definition) is 1. The normalized spacial score (nSPS) is 10.6. The summed E-state index contributed by atoms with van der Waals surface area (Å²) in [4.78, 5) is 0. The van der Waals surface area contributed by atoms with Gasteiger partial charge in [0.2, 0.25) is 0 Å². The molecule has 1 rings (SSSR count). The summed E-state index contributed by atoms with van der Waals surface area (Å²) in [5, 5.41) is 3.40. The monoisotopic (exact) mass is 209 g/mol. The molecule has 0 atom stereocenters. The molecule has 0 aromatic heterocycles. The van der Waals surface area contributed by atoms with Crippen LogP contribution in [0.25, 0.3) is 0 Å². The third-order valence-corrected chi connectivity index (χ3v) is 2.89. The molecule has 0 aliphatic heterocycles. The van der Waals surface area contributed by atoms with Gasteiger partial charge in [0.25, 0.3) is 0 Å². The second kappa shape index (κ2) is 5.97. The second-order valence-electron chi connectivity index (χ2n) is 3.59. The first kappa shape index (κ1) is 11.4. The summed E-state index contributed by atoms with van der Waals surface area (Å²) < 4.78 is 0. The Hall–Kier alpha value is -0.630. The number of anilines is 1. The summed E-state index contributed by atoms with van der Waals surface area (Å²) in [6.07, 6.45) is 0. The first-order valence-electron chi connectivity index (χ1n) is 5.15. The fourth-order valence-electron chi connectivity index (χ4n) is 1.24. The average molecular weight is 209 g/mol. The van der Waals surface area contributed by atoms with Gasteiger partial charge < -0.3 is 5.32 Å². The molecule has 78 valence electrons. The first-order chi connectivity index (χ1) is 6.74. The van der Waals surface area contributed by atoms with Crippen molar-refractivity contribution in [3.8, 4) is 0 Å². The van der Waals surface area contributed by atoms with Crippen LogP contribution in [-0.4, -0.2) is 11.6 Å². The molecule has 0 saturated heterocycles. The lowest BCUT2D eigenvalue weighted by Crippen LogP contribution is -1.98. The predicted octanol–water partition coefficient (Wildman–Crippen LogP) is 3.93. The Kier molecular flexibility index (Phi) is 4.88. The summed E-state index contributed by atoms with van der Waals surface area (Å²) in [5.74, 6) is 2.77. The zero-order valence-electron chi connectivity index (χ0n) is 9.21. The largest absolute Gasteiger partial charge is 0.376 e. The van der Waals surface area contributed by atoms with Gasteiger partial charge in [-0.1, -0.05) is 32.9 Å². The van der Waals surface area contributed by atoms with Crippen molar-refractivity contribution in [3.63, 3.8) is 0 Å². The second-order valence-corrected chi connectivity index (χ2v) is 4.87. The lowest BCUT2D eigenvalue weighted by Gasteiger charge is -2.09. The van der Waals surface area contributed by atoms with E-state index in [0.29, 0.717) is 5.92 Å².